The molecule has 0 unspecified atom stereocenters. The third kappa shape index (κ3) is 5.31. The maximum absolute atomic E-state index is 12.9. The van der Waals surface area contributed by atoms with Crippen molar-refractivity contribution in [2.24, 2.45) is 0 Å². The summed E-state index contributed by atoms with van der Waals surface area (Å²) in [7, 11) is 0. The van der Waals surface area contributed by atoms with Gasteiger partial charge in [-0.15, -0.1) is 0 Å². The first-order chi connectivity index (χ1) is 12.0. The molecule has 0 spiro atoms. The zero-order valence-corrected chi connectivity index (χ0v) is 16.4. The predicted molar refractivity (Wildman–Crippen MR) is 101 cm³/mol. The van der Waals surface area contributed by atoms with Crippen LogP contribution < -0.4 is 10.1 Å². The minimum atomic E-state index is -0.319. The first-order valence-corrected chi connectivity index (χ1v) is 8.76. The number of amides is 1. The van der Waals surface area contributed by atoms with Crippen LogP contribution in [0, 0.1) is 5.82 Å². The smallest absolute Gasteiger partial charge is 0.228 e. The maximum Gasteiger partial charge on any atom is 0.228 e. The van der Waals surface area contributed by atoms with Crippen LogP contribution in [-0.4, -0.2) is 22.3 Å². The van der Waals surface area contributed by atoms with Crippen molar-refractivity contribution in [3.05, 3.63) is 41.8 Å². The molecule has 26 heavy (non-hydrogen) atoms. The predicted octanol–water partition coefficient (Wildman–Crippen LogP) is 4.48. The quantitative estimate of drug-likeness (QED) is 0.854. The van der Waals surface area contributed by atoms with E-state index in [-0.39, 0.29) is 35.7 Å². The molecule has 5 nitrogen and oxygen atoms in total. The SMILES string of the molecule is CC(C)(C)c1cc(NC(=O)CCOc2ccc(F)cc2)n(C(C)(C)C)n1. The summed E-state index contributed by atoms with van der Waals surface area (Å²) < 4.78 is 20.2. The molecule has 1 heterocycles. The molecular weight excluding hydrogens is 333 g/mol. The molecule has 0 bridgehead atoms. The second-order valence-corrected chi connectivity index (χ2v) is 8.35. The van der Waals surface area contributed by atoms with Gasteiger partial charge in [0.25, 0.3) is 0 Å². The number of anilines is 1. The molecule has 0 aliphatic rings. The Morgan fingerprint density at radius 1 is 1.15 bits per heavy atom. The Morgan fingerprint density at radius 2 is 1.77 bits per heavy atom. The van der Waals surface area contributed by atoms with E-state index in [0.717, 1.165) is 5.69 Å². The van der Waals surface area contributed by atoms with Gasteiger partial charge in [0, 0.05) is 11.5 Å². The molecule has 0 saturated heterocycles. The second-order valence-electron chi connectivity index (χ2n) is 8.35. The van der Waals surface area contributed by atoms with Crippen molar-refractivity contribution in [1.82, 2.24) is 9.78 Å². The Balaban J connectivity index is 2.01. The van der Waals surface area contributed by atoms with Crippen molar-refractivity contribution in [3.8, 4) is 5.75 Å². The number of hydrogen-bond acceptors (Lipinski definition) is 3. The van der Waals surface area contributed by atoms with E-state index in [2.05, 4.69) is 31.2 Å². The zero-order chi connectivity index (χ0) is 19.5. The van der Waals surface area contributed by atoms with Crippen molar-refractivity contribution in [3.63, 3.8) is 0 Å². The molecule has 1 aromatic heterocycles. The van der Waals surface area contributed by atoms with Gasteiger partial charge in [-0.25, -0.2) is 9.07 Å². The van der Waals surface area contributed by atoms with E-state index in [4.69, 9.17) is 4.74 Å². The molecule has 1 N–H and O–H groups in total. The van der Waals surface area contributed by atoms with Crippen molar-refractivity contribution < 1.29 is 13.9 Å². The number of benzene rings is 1. The van der Waals surface area contributed by atoms with E-state index in [9.17, 15) is 9.18 Å². The second kappa shape index (κ2) is 7.48. The fraction of sp³-hybridized carbons (Fsp3) is 0.500. The van der Waals surface area contributed by atoms with Crippen LogP contribution in [0.5, 0.6) is 5.75 Å². The lowest BCUT2D eigenvalue weighted by atomic mass is 9.92. The average molecular weight is 361 g/mol. The summed E-state index contributed by atoms with van der Waals surface area (Å²) in [5.74, 6) is 0.737. The summed E-state index contributed by atoms with van der Waals surface area (Å²) in [4.78, 5) is 12.3. The standard InChI is InChI=1S/C20H28FN3O2/c1-19(2,3)16-13-17(24(23-16)20(4,5)6)22-18(25)11-12-26-15-9-7-14(21)8-10-15/h7-10,13H,11-12H2,1-6H3,(H,22,25). The van der Waals surface area contributed by atoms with Crippen LogP contribution in [0.15, 0.2) is 30.3 Å². The number of carbonyl (C=O) groups excluding carboxylic acids is 1. The first kappa shape index (κ1) is 19.9. The van der Waals surface area contributed by atoms with Crippen LogP contribution in [0.3, 0.4) is 0 Å². The summed E-state index contributed by atoms with van der Waals surface area (Å²) in [5, 5.41) is 7.60. The van der Waals surface area contributed by atoms with Crippen LogP contribution in [0.4, 0.5) is 10.2 Å². The monoisotopic (exact) mass is 361 g/mol. The summed E-state index contributed by atoms with van der Waals surface area (Å²) in [5.41, 5.74) is 0.559. The van der Waals surface area contributed by atoms with Gasteiger partial charge < -0.3 is 10.1 Å². The van der Waals surface area contributed by atoms with Gasteiger partial charge in [-0.3, -0.25) is 4.79 Å². The fourth-order valence-electron chi connectivity index (χ4n) is 2.35. The van der Waals surface area contributed by atoms with Gasteiger partial charge in [-0.1, -0.05) is 20.8 Å². The first-order valence-electron chi connectivity index (χ1n) is 8.76. The Kier molecular flexibility index (Phi) is 5.74. The summed E-state index contributed by atoms with van der Waals surface area (Å²) in [6.45, 7) is 12.6. The highest BCUT2D eigenvalue weighted by Crippen LogP contribution is 2.28. The lowest BCUT2D eigenvalue weighted by Crippen LogP contribution is -2.27. The molecule has 2 rings (SSSR count). The van der Waals surface area contributed by atoms with E-state index < -0.39 is 0 Å². The Bertz CT molecular complexity index is 753. The van der Waals surface area contributed by atoms with Crippen LogP contribution >= 0.6 is 0 Å². The zero-order valence-electron chi connectivity index (χ0n) is 16.4. The van der Waals surface area contributed by atoms with Crippen molar-refractivity contribution in [1.29, 1.82) is 0 Å². The molecule has 6 heteroatoms. The molecule has 1 aromatic carbocycles. The molecule has 2 aromatic rings. The summed E-state index contributed by atoms with van der Waals surface area (Å²) >= 11 is 0. The molecule has 0 aliphatic carbocycles. The number of nitrogens with one attached hydrogen (secondary N) is 1. The molecule has 0 fully saturated rings. The number of ether oxygens (including phenoxy) is 1. The van der Waals surface area contributed by atoms with Crippen LogP contribution in [-0.2, 0) is 15.7 Å². The van der Waals surface area contributed by atoms with E-state index in [0.29, 0.717) is 11.6 Å². The lowest BCUT2D eigenvalue weighted by Gasteiger charge is -2.23. The van der Waals surface area contributed by atoms with E-state index in [1.807, 2.05) is 31.5 Å². The van der Waals surface area contributed by atoms with Crippen molar-refractivity contribution in [2.45, 2.75) is 58.9 Å². The average Bonchev–Trinajstić information content (AvgIpc) is 2.93. The largest absolute Gasteiger partial charge is 0.493 e. The topological polar surface area (TPSA) is 56.1 Å². The maximum atomic E-state index is 12.9. The lowest BCUT2D eigenvalue weighted by molar-refractivity contribution is -0.116. The highest BCUT2D eigenvalue weighted by molar-refractivity contribution is 5.90. The van der Waals surface area contributed by atoms with E-state index >= 15 is 0 Å². The fourth-order valence-corrected chi connectivity index (χ4v) is 2.35. The molecule has 0 aliphatic heterocycles. The van der Waals surface area contributed by atoms with Crippen LogP contribution in [0.1, 0.15) is 53.7 Å². The van der Waals surface area contributed by atoms with Crippen LogP contribution in [0.25, 0.3) is 0 Å². The minimum absolute atomic E-state index is 0.109. The number of halogens is 1. The molecular formula is C20H28FN3O2. The highest BCUT2D eigenvalue weighted by atomic mass is 19.1. The van der Waals surface area contributed by atoms with Crippen LogP contribution in [0.2, 0.25) is 0 Å². The molecule has 1 amide bonds. The number of hydrogen-bond donors (Lipinski definition) is 1. The number of aromatic nitrogens is 2. The van der Waals surface area contributed by atoms with Gasteiger partial charge in [0.15, 0.2) is 0 Å². The van der Waals surface area contributed by atoms with Gasteiger partial charge in [0.2, 0.25) is 5.91 Å². The Labute approximate surface area is 154 Å². The van der Waals surface area contributed by atoms with E-state index in [1.54, 1.807) is 0 Å². The molecule has 0 radical (unpaired) electrons. The van der Waals surface area contributed by atoms with Gasteiger partial charge in [-0.05, 0) is 45.0 Å². The van der Waals surface area contributed by atoms with Crippen molar-refractivity contribution in [2.75, 3.05) is 11.9 Å². The van der Waals surface area contributed by atoms with Crippen molar-refractivity contribution >= 4 is 11.7 Å². The number of carbonyl (C=O) groups is 1. The Morgan fingerprint density at radius 3 is 2.31 bits per heavy atom. The number of nitrogens with zero attached hydrogens (tertiary/aromatic N) is 2. The minimum Gasteiger partial charge on any atom is -0.493 e. The third-order valence-corrected chi connectivity index (χ3v) is 3.79. The Hall–Kier alpha value is -2.37. The highest BCUT2D eigenvalue weighted by Gasteiger charge is 2.25. The van der Waals surface area contributed by atoms with Gasteiger partial charge in [0.05, 0.1) is 24.3 Å². The number of rotatable bonds is 5. The van der Waals surface area contributed by atoms with E-state index in [1.165, 1.54) is 24.3 Å². The van der Waals surface area contributed by atoms with Gasteiger partial charge in [-0.2, -0.15) is 5.10 Å². The third-order valence-electron chi connectivity index (χ3n) is 3.79. The normalized spacial score (nSPS) is 12.1. The molecule has 0 saturated carbocycles. The molecule has 0 atom stereocenters. The summed E-state index contributed by atoms with van der Waals surface area (Å²) in [6, 6.07) is 7.65. The molecule has 142 valence electrons. The van der Waals surface area contributed by atoms with Gasteiger partial charge >= 0.3 is 0 Å². The van der Waals surface area contributed by atoms with Gasteiger partial charge in [0.1, 0.15) is 17.4 Å². The summed E-state index contributed by atoms with van der Waals surface area (Å²) in [6.07, 6.45) is 0.192.